The van der Waals surface area contributed by atoms with Gasteiger partial charge in [0.05, 0.1) is 6.10 Å². The van der Waals surface area contributed by atoms with Crippen molar-refractivity contribution < 1.29 is 9.53 Å². The SMILES string of the molecule is CN(C)C(=O)CN=C(NCC1CCCCO1)N(C)Cc1cccc(Cl)c1. The molecule has 0 saturated carbocycles. The maximum absolute atomic E-state index is 11.9. The van der Waals surface area contributed by atoms with Gasteiger partial charge in [-0.2, -0.15) is 0 Å². The van der Waals surface area contributed by atoms with Crippen LogP contribution in [0.2, 0.25) is 5.02 Å². The van der Waals surface area contributed by atoms with Crippen molar-refractivity contribution in [3.05, 3.63) is 34.9 Å². The van der Waals surface area contributed by atoms with Gasteiger partial charge in [-0.25, -0.2) is 4.99 Å². The van der Waals surface area contributed by atoms with Crippen LogP contribution in [0.5, 0.6) is 0 Å². The first kappa shape index (κ1) is 20.5. The lowest BCUT2D eigenvalue weighted by Gasteiger charge is -2.27. The average Bonchev–Trinajstić information content (AvgIpc) is 2.62. The molecular weight excluding hydrogens is 352 g/mol. The van der Waals surface area contributed by atoms with Crippen molar-refractivity contribution in [2.45, 2.75) is 31.9 Å². The number of rotatable bonds is 6. The highest BCUT2D eigenvalue weighted by atomic mass is 35.5. The molecule has 1 aromatic carbocycles. The Morgan fingerprint density at radius 2 is 2.15 bits per heavy atom. The maximum Gasteiger partial charge on any atom is 0.243 e. The Hall–Kier alpha value is -1.79. The third kappa shape index (κ3) is 6.84. The van der Waals surface area contributed by atoms with E-state index in [1.54, 1.807) is 19.0 Å². The summed E-state index contributed by atoms with van der Waals surface area (Å²) in [5, 5.41) is 4.07. The van der Waals surface area contributed by atoms with Crippen LogP contribution in [0.25, 0.3) is 0 Å². The minimum Gasteiger partial charge on any atom is -0.376 e. The van der Waals surface area contributed by atoms with Crippen LogP contribution in [0.4, 0.5) is 0 Å². The normalized spacial score (nSPS) is 17.7. The summed E-state index contributed by atoms with van der Waals surface area (Å²) in [6.45, 7) is 2.26. The molecule has 144 valence electrons. The van der Waals surface area contributed by atoms with Gasteiger partial charge in [0.1, 0.15) is 6.54 Å². The number of aliphatic imine (C=N–C) groups is 1. The van der Waals surface area contributed by atoms with Crippen LogP contribution in [-0.2, 0) is 16.1 Å². The minimum absolute atomic E-state index is 0.0330. The van der Waals surface area contributed by atoms with Crippen LogP contribution >= 0.6 is 11.6 Å². The molecule has 0 bridgehead atoms. The van der Waals surface area contributed by atoms with E-state index in [1.165, 1.54) is 6.42 Å². The Morgan fingerprint density at radius 1 is 1.35 bits per heavy atom. The van der Waals surface area contributed by atoms with Crippen LogP contribution < -0.4 is 5.32 Å². The van der Waals surface area contributed by atoms with Crippen molar-refractivity contribution in [2.24, 2.45) is 4.99 Å². The quantitative estimate of drug-likeness (QED) is 0.608. The third-order valence-electron chi connectivity index (χ3n) is 4.30. The summed E-state index contributed by atoms with van der Waals surface area (Å²) >= 11 is 6.08. The predicted octanol–water partition coefficient (Wildman–Crippen LogP) is 2.37. The monoisotopic (exact) mass is 380 g/mol. The fourth-order valence-electron chi connectivity index (χ4n) is 2.75. The molecule has 1 amide bonds. The van der Waals surface area contributed by atoms with Crippen LogP contribution in [-0.4, -0.2) is 68.6 Å². The summed E-state index contributed by atoms with van der Waals surface area (Å²) < 4.78 is 5.78. The highest BCUT2D eigenvalue weighted by Gasteiger charge is 2.16. The van der Waals surface area contributed by atoms with Crippen molar-refractivity contribution in [1.29, 1.82) is 0 Å². The molecule has 1 aliphatic heterocycles. The largest absolute Gasteiger partial charge is 0.376 e. The first-order chi connectivity index (χ1) is 12.5. The lowest BCUT2D eigenvalue weighted by Crippen LogP contribution is -2.43. The number of guanidine groups is 1. The number of carbonyl (C=O) groups excluding carboxylic acids is 1. The molecule has 1 heterocycles. The number of likely N-dealkylation sites (N-methyl/N-ethyl adjacent to an activating group) is 1. The van der Waals surface area contributed by atoms with Crippen molar-refractivity contribution in [3.8, 4) is 0 Å². The Morgan fingerprint density at radius 3 is 2.81 bits per heavy atom. The summed E-state index contributed by atoms with van der Waals surface area (Å²) in [5.74, 6) is 0.656. The van der Waals surface area contributed by atoms with E-state index in [1.807, 2.05) is 36.2 Å². The molecule has 0 aliphatic carbocycles. The standard InChI is InChI=1S/C19H29ClN4O2/c1-23(2)18(25)13-22-19(21-12-17-9-4-5-10-26-17)24(3)14-15-7-6-8-16(20)11-15/h6-8,11,17H,4-5,9-10,12-14H2,1-3H3,(H,21,22). The second-order valence-corrected chi connectivity index (χ2v) is 7.22. The number of hydrogen-bond donors (Lipinski definition) is 1. The van der Waals surface area contributed by atoms with E-state index >= 15 is 0 Å². The molecule has 1 atom stereocenters. The zero-order chi connectivity index (χ0) is 18.9. The van der Waals surface area contributed by atoms with Gasteiger partial charge in [0.2, 0.25) is 5.91 Å². The number of carbonyl (C=O) groups is 1. The average molecular weight is 381 g/mol. The van der Waals surface area contributed by atoms with E-state index < -0.39 is 0 Å². The number of hydrogen-bond acceptors (Lipinski definition) is 3. The molecule has 26 heavy (non-hydrogen) atoms. The van der Waals surface area contributed by atoms with E-state index in [2.05, 4.69) is 10.3 Å². The summed E-state index contributed by atoms with van der Waals surface area (Å²) in [6.07, 6.45) is 3.56. The molecule has 2 rings (SSSR count). The molecule has 7 heteroatoms. The number of nitrogens with one attached hydrogen (secondary N) is 1. The smallest absolute Gasteiger partial charge is 0.243 e. The fourth-order valence-corrected chi connectivity index (χ4v) is 2.97. The number of nitrogens with zero attached hydrogens (tertiary/aromatic N) is 3. The van der Waals surface area contributed by atoms with Gasteiger partial charge in [-0.15, -0.1) is 0 Å². The molecule has 1 aliphatic rings. The van der Waals surface area contributed by atoms with Gasteiger partial charge in [-0.05, 0) is 37.0 Å². The highest BCUT2D eigenvalue weighted by Crippen LogP contribution is 2.13. The minimum atomic E-state index is -0.0330. The van der Waals surface area contributed by atoms with E-state index in [0.717, 1.165) is 25.0 Å². The Labute approximate surface area is 161 Å². The van der Waals surface area contributed by atoms with Crippen LogP contribution in [0.3, 0.4) is 0 Å². The van der Waals surface area contributed by atoms with Gasteiger partial charge in [0.25, 0.3) is 0 Å². The molecule has 1 fully saturated rings. The van der Waals surface area contributed by atoms with Crippen LogP contribution in [0, 0.1) is 0 Å². The van der Waals surface area contributed by atoms with Gasteiger partial charge in [0.15, 0.2) is 5.96 Å². The first-order valence-electron chi connectivity index (χ1n) is 9.01. The number of benzene rings is 1. The number of amides is 1. The van der Waals surface area contributed by atoms with Gasteiger partial charge in [-0.3, -0.25) is 4.79 Å². The van der Waals surface area contributed by atoms with Gasteiger partial charge >= 0.3 is 0 Å². The topological polar surface area (TPSA) is 57.2 Å². The lowest BCUT2D eigenvalue weighted by atomic mass is 10.1. The molecule has 6 nitrogen and oxygen atoms in total. The van der Waals surface area contributed by atoms with Crippen molar-refractivity contribution in [3.63, 3.8) is 0 Å². The Bertz CT molecular complexity index is 615. The second-order valence-electron chi connectivity index (χ2n) is 6.78. The molecule has 1 unspecified atom stereocenters. The van der Waals surface area contributed by atoms with E-state index in [0.29, 0.717) is 24.1 Å². The second kappa shape index (κ2) is 10.4. The van der Waals surface area contributed by atoms with Crippen molar-refractivity contribution in [2.75, 3.05) is 40.8 Å². The third-order valence-corrected chi connectivity index (χ3v) is 4.53. The van der Waals surface area contributed by atoms with Crippen LogP contribution in [0.1, 0.15) is 24.8 Å². The van der Waals surface area contributed by atoms with Gasteiger partial charge in [-0.1, -0.05) is 23.7 Å². The Kier molecular flexibility index (Phi) is 8.19. The molecule has 1 aromatic rings. The van der Waals surface area contributed by atoms with Crippen molar-refractivity contribution >= 4 is 23.5 Å². The zero-order valence-corrected chi connectivity index (χ0v) is 16.6. The summed E-state index contributed by atoms with van der Waals surface area (Å²) in [4.78, 5) is 20.0. The maximum atomic E-state index is 11.9. The van der Waals surface area contributed by atoms with E-state index in [9.17, 15) is 4.79 Å². The molecule has 1 saturated heterocycles. The number of ether oxygens (including phenoxy) is 1. The zero-order valence-electron chi connectivity index (χ0n) is 15.9. The molecule has 0 spiro atoms. The molecule has 0 radical (unpaired) electrons. The summed E-state index contributed by atoms with van der Waals surface area (Å²) in [7, 11) is 5.42. The Balaban J connectivity index is 2.02. The summed E-state index contributed by atoms with van der Waals surface area (Å²) in [6, 6.07) is 7.75. The van der Waals surface area contributed by atoms with E-state index in [-0.39, 0.29) is 18.6 Å². The summed E-state index contributed by atoms with van der Waals surface area (Å²) in [5.41, 5.74) is 1.09. The first-order valence-corrected chi connectivity index (χ1v) is 9.39. The van der Waals surface area contributed by atoms with Gasteiger partial charge < -0.3 is 19.9 Å². The van der Waals surface area contributed by atoms with Crippen molar-refractivity contribution in [1.82, 2.24) is 15.1 Å². The lowest BCUT2D eigenvalue weighted by molar-refractivity contribution is -0.127. The van der Waals surface area contributed by atoms with Gasteiger partial charge in [0, 0.05) is 45.9 Å². The predicted molar refractivity (Wildman–Crippen MR) is 106 cm³/mol. The van der Waals surface area contributed by atoms with Crippen LogP contribution in [0.15, 0.2) is 29.3 Å². The molecule has 1 N–H and O–H groups in total. The molecular formula is C19H29ClN4O2. The highest BCUT2D eigenvalue weighted by molar-refractivity contribution is 6.30. The fraction of sp³-hybridized carbons (Fsp3) is 0.579. The molecule has 0 aromatic heterocycles. The number of halogens is 1. The van der Waals surface area contributed by atoms with E-state index in [4.69, 9.17) is 16.3 Å².